The summed E-state index contributed by atoms with van der Waals surface area (Å²) in [6, 6.07) is 1.99. The standard InChI is InChI=1S/C13H31NO4Si/c1-6-17-12-14(13-18-7-2)10-9-11-19(8-3,15-4)16-5/h6-13H2,1-5H3. The fraction of sp³-hybridized carbons (Fsp3) is 1.00. The van der Waals surface area contributed by atoms with Crippen LogP contribution in [0.15, 0.2) is 0 Å². The zero-order valence-corrected chi connectivity index (χ0v) is 14.2. The van der Waals surface area contributed by atoms with Crippen molar-refractivity contribution >= 4 is 8.56 Å². The molecule has 0 saturated heterocycles. The van der Waals surface area contributed by atoms with Crippen LogP contribution in [-0.4, -0.2) is 60.9 Å². The number of ether oxygens (including phenoxy) is 2. The smallest absolute Gasteiger partial charge is 0.337 e. The molecule has 0 spiro atoms. The van der Waals surface area contributed by atoms with Gasteiger partial charge in [0.2, 0.25) is 0 Å². The Hall–Kier alpha value is 0.0169. The lowest BCUT2D eigenvalue weighted by atomic mass is 10.4. The molecule has 0 aromatic rings. The molecule has 6 heteroatoms. The van der Waals surface area contributed by atoms with Gasteiger partial charge in [0.1, 0.15) is 13.5 Å². The van der Waals surface area contributed by atoms with Crippen LogP contribution in [0.4, 0.5) is 0 Å². The first-order valence-electron chi connectivity index (χ1n) is 7.16. The monoisotopic (exact) mass is 293 g/mol. The van der Waals surface area contributed by atoms with Crippen molar-refractivity contribution in [3.63, 3.8) is 0 Å². The summed E-state index contributed by atoms with van der Waals surface area (Å²) in [5, 5.41) is 0. The SMILES string of the molecule is CCOCN(CCC[Si](CC)(OC)OC)COCC. The van der Waals surface area contributed by atoms with E-state index in [-0.39, 0.29) is 0 Å². The van der Waals surface area contributed by atoms with Crippen molar-refractivity contribution in [2.75, 3.05) is 47.4 Å². The van der Waals surface area contributed by atoms with Crippen molar-refractivity contribution < 1.29 is 18.3 Å². The second-order valence-electron chi connectivity index (χ2n) is 4.41. The summed E-state index contributed by atoms with van der Waals surface area (Å²) in [5.41, 5.74) is 0. The highest BCUT2D eigenvalue weighted by Crippen LogP contribution is 2.19. The first kappa shape index (κ1) is 19.0. The lowest BCUT2D eigenvalue weighted by Gasteiger charge is -2.27. The van der Waals surface area contributed by atoms with Gasteiger partial charge in [0.25, 0.3) is 0 Å². The zero-order valence-electron chi connectivity index (χ0n) is 13.2. The highest BCUT2D eigenvalue weighted by atomic mass is 28.4. The summed E-state index contributed by atoms with van der Waals surface area (Å²) in [4.78, 5) is 2.17. The molecule has 0 amide bonds. The average molecular weight is 293 g/mol. The summed E-state index contributed by atoms with van der Waals surface area (Å²) in [7, 11) is 1.57. The molecule has 0 atom stereocenters. The van der Waals surface area contributed by atoms with Crippen LogP contribution in [0.1, 0.15) is 27.2 Å². The molecular weight excluding hydrogens is 262 g/mol. The molecule has 0 aromatic carbocycles. The van der Waals surface area contributed by atoms with E-state index in [1.54, 1.807) is 14.2 Å². The third-order valence-electron chi connectivity index (χ3n) is 3.27. The Bertz CT molecular complexity index is 187. The fourth-order valence-electron chi connectivity index (χ4n) is 1.93. The van der Waals surface area contributed by atoms with Crippen LogP contribution in [-0.2, 0) is 18.3 Å². The Morgan fingerprint density at radius 1 is 0.895 bits per heavy atom. The molecule has 0 unspecified atom stereocenters. The minimum Gasteiger partial charge on any atom is -0.398 e. The molecule has 0 radical (unpaired) electrons. The lowest BCUT2D eigenvalue weighted by Crippen LogP contribution is -2.40. The van der Waals surface area contributed by atoms with Gasteiger partial charge in [0.15, 0.2) is 0 Å². The fourth-order valence-corrected chi connectivity index (χ4v) is 4.13. The maximum Gasteiger partial charge on any atom is 0.337 e. The third-order valence-corrected chi connectivity index (χ3v) is 6.95. The van der Waals surface area contributed by atoms with Crippen LogP contribution in [0.3, 0.4) is 0 Å². The molecule has 0 aliphatic rings. The van der Waals surface area contributed by atoms with Crippen LogP contribution in [0, 0.1) is 0 Å². The second-order valence-corrected chi connectivity index (χ2v) is 8.26. The first-order valence-corrected chi connectivity index (χ1v) is 9.39. The Morgan fingerprint density at radius 3 is 1.79 bits per heavy atom. The van der Waals surface area contributed by atoms with Gasteiger partial charge < -0.3 is 18.3 Å². The van der Waals surface area contributed by atoms with Gasteiger partial charge in [0, 0.05) is 34.0 Å². The van der Waals surface area contributed by atoms with Gasteiger partial charge in [-0.25, -0.2) is 0 Å². The van der Waals surface area contributed by atoms with Gasteiger partial charge in [-0.2, -0.15) is 0 Å². The van der Waals surface area contributed by atoms with E-state index < -0.39 is 8.56 Å². The predicted octanol–water partition coefficient (Wildman–Crippen LogP) is 2.42. The Balaban J connectivity index is 4.07. The summed E-state index contributed by atoms with van der Waals surface area (Å²) >= 11 is 0. The van der Waals surface area contributed by atoms with Crippen LogP contribution < -0.4 is 0 Å². The van der Waals surface area contributed by atoms with E-state index >= 15 is 0 Å². The number of rotatable bonds is 13. The lowest BCUT2D eigenvalue weighted by molar-refractivity contribution is -0.0390. The average Bonchev–Trinajstić information content (AvgIpc) is 2.46. The van der Waals surface area contributed by atoms with Crippen LogP contribution >= 0.6 is 0 Å². The predicted molar refractivity (Wildman–Crippen MR) is 79.4 cm³/mol. The normalized spacial score (nSPS) is 12.3. The van der Waals surface area contributed by atoms with E-state index in [9.17, 15) is 0 Å². The van der Waals surface area contributed by atoms with Crippen LogP contribution in [0.25, 0.3) is 0 Å². The van der Waals surface area contributed by atoms with Gasteiger partial charge in [0.05, 0.1) is 0 Å². The highest BCUT2D eigenvalue weighted by Gasteiger charge is 2.32. The Morgan fingerprint density at radius 2 is 1.42 bits per heavy atom. The summed E-state index contributed by atoms with van der Waals surface area (Å²) in [6.45, 7) is 9.79. The van der Waals surface area contributed by atoms with Crippen LogP contribution in [0.5, 0.6) is 0 Å². The van der Waals surface area contributed by atoms with Crippen LogP contribution in [0.2, 0.25) is 12.1 Å². The second kappa shape index (κ2) is 11.8. The molecule has 0 N–H and O–H groups in total. The van der Waals surface area contributed by atoms with E-state index in [4.69, 9.17) is 18.3 Å². The maximum absolute atomic E-state index is 5.62. The molecule has 5 nitrogen and oxygen atoms in total. The number of nitrogens with zero attached hydrogens (tertiary/aromatic N) is 1. The molecule has 0 fully saturated rings. The molecule has 0 aliphatic carbocycles. The molecule has 0 aromatic heterocycles. The zero-order chi connectivity index (χ0) is 14.6. The molecule has 0 rings (SSSR count). The van der Waals surface area contributed by atoms with E-state index in [1.807, 2.05) is 13.8 Å². The first-order chi connectivity index (χ1) is 9.17. The van der Waals surface area contributed by atoms with Crippen molar-refractivity contribution in [2.45, 2.75) is 39.3 Å². The minimum absolute atomic E-state index is 0.622. The van der Waals surface area contributed by atoms with Crippen molar-refractivity contribution in [3.05, 3.63) is 0 Å². The molecule has 0 heterocycles. The Labute approximate surface area is 119 Å². The molecular formula is C13H31NO4Si. The Kier molecular flexibility index (Phi) is 11.8. The van der Waals surface area contributed by atoms with Crippen molar-refractivity contribution in [3.8, 4) is 0 Å². The molecule has 116 valence electrons. The molecule has 0 aliphatic heterocycles. The van der Waals surface area contributed by atoms with E-state index in [0.717, 1.165) is 38.3 Å². The van der Waals surface area contributed by atoms with Gasteiger partial charge in [-0.1, -0.05) is 6.92 Å². The van der Waals surface area contributed by atoms with Gasteiger partial charge in [-0.3, -0.25) is 4.90 Å². The van der Waals surface area contributed by atoms with E-state index in [1.165, 1.54) is 0 Å². The topological polar surface area (TPSA) is 40.2 Å². The van der Waals surface area contributed by atoms with Crippen molar-refractivity contribution in [2.24, 2.45) is 0 Å². The molecule has 19 heavy (non-hydrogen) atoms. The summed E-state index contributed by atoms with van der Waals surface area (Å²) in [6.07, 6.45) is 1.04. The molecule has 0 bridgehead atoms. The van der Waals surface area contributed by atoms with Gasteiger partial charge in [-0.05, 0) is 32.4 Å². The molecule has 0 saturated carbocycles. The maximum atomic E-state index is 5.62. The van der Waals surface area contributed by atoms with Gasteiger partial charge >= 0.3 is 8.56 Å². The quantitative estimate of drug-likeness (QED) is 0.385. The minimum atomic E-state index is -1.96. The third kappa shape index (κ3) is 8.01. The highest BCUT2D eigenvalue weighted by molar-refractivity contribution is 6.67. The van der Waals surface area contributed by atoms with E-state index in [2.05, 4.69) is 11.8 Å². The number of hydrogen-bond acceptors (Lipinski definition) is 5. The largest absolute Gasteiger partial charge is 0.398 e. The van der Waals surface area contributed by atoms with E-state index in [0.29, 0.717) is 13.5 Å². The van der Waals surface area contributed by atoms with Crippen molar-refractivity contribution in [1.29, 1.82) is 0 Å². The number of hydrogen-bond donors (Lipinski definition) is 0. The summed E-state index contributed by atoms with van der Waals surface area (Å²) < 4.78 is 22.1. The summed E-state index contributed by atoms with van der Waals surface area (Å²) in [5.74, 6) is 0. The van der Waals surface area contributed by atoms with Gasteiger partial charge in [-0.15, -0.1) is 0 Å². The van der Waals surface area contributed by atoms with Crippen molar-refractivity contribution in [1.82, 2.24) is 4.90 Å².